The highest BCUT2D eigenvalue weighted by Gasteiger charge is 2.50. The van der Waals surface area contributed by atoms with E-state index in [9.17, 15) is 0 Å². The van der Waals surface area contributed by atoms with Gasteiger partial charge in [-0.2, -0.15) is 0 Å². The zero-order valence-electron chi connectivity index (χ0n) is 13.9. The van der Waals surface area contributed by atoms with Gasteiger partial charge in [0.25, 0.3) is 0 Å². The Hall–Kier alpha value is -0.160. The number of methoxy groups -OCH3 is 1. The van der Waals surface area contributed by atoms with Gasteiger partial charge in [0.2, 0.25) is 0 Å². The highest BCUT2D eigenvalue weighted by molar-refractivity contribution is 5.05. The van der Waals surface area contributed by atoms with Crippen molar-refractivity contribution in [2.75, 3.05) is 26.7 Å². The molecule has 0 aromatic carbocycles. The number of ether oxygens (including phenoxy) is 2. The molecule has 0 radical (unpaired) electrons. The van der Waals surface area contributed by atoms with Crippen LogP contribution in [0.15, 0.2) is 0 Å². The van der Waals surface area contributed by atoms with Crippen molar-refractivity contribution in [3.63, 3.8) is 0 Å². The fourth-order valence-electron chi connectivity index (χ4n) is 4.35. The molecule has 0 bridgehead atoms. The third kappa shape index (κ3) is 3.03. The second kappa shape index (κ2) is 5.56. The molecule has 2 rings (SSSR count). The second-order valence-corrected chi connectivity index (χ2v) is 7.76. The average molecular weight is 284 g/mol. The zero-order valence-corrected chi connectivity index (χ0v) is 13.9. The molecule has 0 aromatic heterocycles. The van der Waals surface area contributed by atoms with E-state index in [1.54, 1.807) is 0 Å². The van der Waals surface area contributed by atoms with Crippen molar-refractivity contribution in [1.29, 1.82) is 0 Å². The van der Waals surface area contributed by atoms with Crippen molar-refractivity contribution in [3.05, 3.63) is 0 Å². The molecule has 4 heteroatoms. The van der Waals surface area contributed by atoms with Crippen LogP contribution in [-0.4, -0.2) is 54.5 Å². The summed E-state index contributed by atoms with van der Waals surface area (Å²) in [6.45, 7) is 11.2. The topological polar surface area (TPSA) is 47.7 Å². The van der Waals surface area contributed by atoms with Crippen LogP contribution < -0.4 is 5.73 Å². The minimum absolute atomic E-state index is 0.0225. The van der Waals surface area contributed by atoms with Gasteiger partial charge in [-0.3, -0.25) is 4.90 Å². The molecule has 2 N–H and O–H groups in total. The lowest BCUT2D eigenvalue weighted by Gasteiger charge is -2.57. The lowest BCUT2D eigenvalue weighted by molar-refractivity contribution is -0.215. The van der Waals surface area contributed by atoms with E-state index in [2.05, 4.69) is 32.6 Å². The fourth-order valence-corrected chi connectivity index (χ4v) is 4.35. The van der Waals surface area contributed by atoms with Crippen LogP contribution in [0.2, 0.25) is 0 Å². The van der Waals surface area contributed by atoms with E-state index in [1.807, 2.05) is 7.11 Å². The predicted octanol–water partition coefficient (Wildman–Crippen LogP) is 2.16. The third-order valence-electron chi connectivity index (χ3n) is 4.89. The molecule has 1 aliphatic heterocycles. The first-order valence-electron chi connectivity index (χ1n) is 7.93. The summed E-state index contributed by atoms with van der Waals surface area (Å²) in [6.07, 6.45) is 4.98. The number of morpholine rings is 1. The average Bonchev–Trinajstić information content (AvgIpc) is 2.34. The number of hydrogen-bond donors (Lipinski definition) is 1. The van der Waals surface area contributed by atoms with E-state index >= 15 is 0 Å². The van der Waals surface area contributed by atoms with Crippen molar-refractivity contribution in [2.45, 2.75) is 76.2 Å². The SMILES string of the molecule is COC1CCCCC1(CN)N1CC(C)(C)OC(C)(C)C1. The molecule has 20 heavy (non-hydrogen) atoms. The van der Waals surface area contributed by atoms with Crippen LogP contribution >= 0.6 is 0 Å². The van der Waals surface area contributed by atoms with Gasteiger partial charge >= 0.3 is 0 Å². The number of rotatable bonds is 3. The van der Waals surface area contributed by atoms with E-state index in [0.29, 0.717) is 6.54 Å². The molecule has 2 fully saturated rings. The fraction of sp³-hybridized carbons (Fsp3) is 1.00. The van der Waals surface area contributed by atoms with Crippen molar-refractivity contribution in [2.24, 2.45) is 5.73 Å². The zero-order chi connectivity index (χ0) is 15.0. The lowest BCUT2D eigenvalue weighted by Crippen LogP contribution is -2.70. The molecular formula is C16H32N2O2. The van der Waals surface area contributed by atoms with Gasteiger partial charge in [-0.15, -0.1) is 0 Å². The van der Waals surface area contributed by atoms with E-state index in [0.717, 1.165) is 25.9 Å². The Bertz CT molecular complexity index is 327. The van der Waals surface area contributed by atoms with Gasteiger partial charge in [0, 0.05) is 26.7 Å². The summed E-state index contributed by atoms with van der Waals surface area (Å²) in [4.78, 5) is 2.56. The van der Waals surface area contributed by atoms with Gasteiger partial charge in [0.05, 0.1) is 22.8 Å². The Balaban J connectivity index is 2.29. The van der Waals surface area contributed by atoms with Crippen LogP contribution in [0.3, 0.4) is 0 Å². The maximum absolute atomic E-state index is 6.25. The van der Waals surface area contributed by atoms with Gasteiger partial charge in [-0.25, -0.2) is 0 Å². The molecule has 1 saturated heterocycles. The summed E-state index contributed by atoms with van der Waals surface area (Å²) in [5, 5.41) is 0. The molecule has 0 aromatic rings. The minimum Gasteiger partial charge on any atom is -0.379 e. The van der Waals surface area contributed by atoms with Crippen LogP contribution in [0, 0.1) is 0 Å². The van der Waals surface area contributed by atoms with Gasteiger partial charge in [-0.05, 0) is 40.5 Å². The Labute approximate surface area is 124 Å². The molecular weight excluding hydrogens is 252 g/mol. The molecule has 118 valence electrons. The normalized spacial score (nSPS) is 37.8. The molecule has 2 aliphatic rings. The van der Waals surface area contributed by atoms with E-state index in [4.69, 9.17) is 15.2 Å². The summed E-state index contributed by atoms with van der Waals surface area (Å²) in [5.74, 6) is 0. The van der Waals surface area contributed by atoms with Crippen molar-refractivity contribution >= 4 is 0 Å². The summed E-state index contributed by atoms with van der Waals surface area (Å²) in [5.41, 5.74) is 5.95. The van der Waals surface area contributed by atoms with Crippen LogP contribution in [0.25, 0.3) is 0 Å². The van der Waals surface area contributed by atoms with E-state index < -0.39 is 0 Å². The number of nitrogens with zero attached hydrogens (tertiary/aromatic N) is 1. The van der Waals surface area contributed by atoms with Crippen LogP contribution in [0.1, 0.15) is 53.4 Å². The molecule has 2 atom stereocenters. The standard InChI is InChI=1S/C16H32N2O2/c1-14(2)11-18(12-15(3,4)20-14)16(10-17)9-7-6-8-13(16)19-5/h13H,6-12,17H2,1-5H3. The van der Waals surface area contributed by atoms with Crippen LogP contribution in [0.5, 0.6) is 0 Å². The van der Waals surface area contributed by atoms with E-state index in [-0.39, 0.29) is 22.8 Å². The van der Waals surface area contributed by atoms with Gasteiger partial charge in [0.15, 0.2) is 0 Å². The van der Waals surface area contributed by atoms with Gasteiger partial charge < -0.3 is 15.2 Å². The Morgan fingerprint density at radius 3 is 2.25 bits per heavy atom. The smallest absolute Gasteiger partial charge is 0.0767 e. The molecule has 2 unspecified atom stereocenters. The Kier molecular flexibility index (Phi) is 4.51. The molecule has 0 spiro atoms. The number of hydrogen-bond acceptors (Lipinski definition) is 4. The van der Waals surface area contributed by atoms with Crippen LogP contribution in [-0.2, 0) is 9.47 Å². The van der Waals surface area contributed by atoms with E-state index in [1.165, 1.54) is 12.8 Å². The maximum atomic E-state index is 6.25. The molecule has 1 saturated carbocycles. The Morgan fingerprint density at radius 1 is 1.15 bits per heavy atom. The first-order chi connectivity index (χ1) is 9.25. The maximum Gasteiger partial charge on any atom is 0.0767 e. The molecule has 1 aliphatic carbocycles. The molecule has 4 nitrogen and oxygen atoms in total. The second-order valence-electron chi connectivity index (χ2n) is 7.76. The third-order valence-corrected chi connectivity index (χ3v) is 4.89. The summed E-state index contributed by atoms with van der Waals surface area (Å²) < 4.78 is 12.0. The van der Waals surface area contributed by atoms with Crippen molar-refractivity contribution < 1.29 is 9.47 Å². The van der Waals surface area contributed by atoms with Crippen LogP contribution in [0.4, 0.5) is 0 Å². The summed E-state index contributed by atoms with van der Waals surface area (Å²) in [6, 6.07) is 0. The summed E-state index contributed by atoms with van der Waals surface area (Å²) >= 11 is 0. The Morgan fingerprint density at radius 2 is 1.75 bits per heavy atom. The first-order valence-corrected chi connectivity index (χ1v) is 7.93. The monoisotopic (exact) mass is 284 g/mol. The summed E-state index contributed by atoms with van der Waals surface area (Å²) in [7, 11) is 1.83. The van der Waals surface area contributed by atoms with Gasteiger partial charge in [0.1, 0.15) is 0 Å². The molecule has 1 heterocycles. The highest BCUT2D eigenvalue weighted by Crippen LogP contribution is 2.40. The van der Waals surface area contributed by atoms with Gasteiger partial charge in [-0.1, -0.05) is 12.8 Å². The number of nitrogens with two attached hydrogens (primary N) is 1. The highest BCUT2D eigenvalue weighted by atomic mass is 16.5. The first kappa shape index (κ1) is 16.2. The van der Waals surface area contributed by atoms with Crippen molar-refractivity contribution in [3.8, 4) is 0 Å². The predicted molar refractivity (Wildman–Crippen MR) is 81.9 cm³/mol. The lowest BCUT2D eigenvalue weighted by atomic mass is 9.76. The quantitative estimate of drug-likeness (QED) is 0.863. The largest absolute Gasteiger partial charge is 0.379 e. The minimum atomic E-state index is -0.139. The molecule has 0 amide bonds. The van der Waals surface area contributed by atoms with Crippen molar-refractivity contribution in [1.82, 2.24) is 4.90 Å².